The van der Waals surface area contributed by atoms with Gasteiger partial charge in [0.2, 0.25) is 11.8 Å². The molecule has 5 heteroatoms. The van der Waals surface area contributed by atoms with Crippen LogP contribution in [0.1, 0.15) is 40.0 Å². The van der Waals surface area contributed by atoms with Crippen molar-refractivity contribution in [3.05, 3.63) is 24.3 Å². The van der Waals surface area contributed by atoms with Crippen molar-refractivity contribution in [3.8, 4) is 5.75 Å². The number of ether oxygens (including phenoxy) is 1. The number of likely N-dealkylation sites (tertiary alicyclic amines) is 1. The molecule has 24 heavy (non-hydrogen) atoms. The third-order valence-electron chi connectivity index (χ3n) is 4.25. The number of hydrogen-bond acceptors (Lipinski definition) is 3. The average molecular weight is 332 g/mol. The van der Waals surface area contributed by atoms with Gasteiger partial charge >= 0.3 is 0 Å². The number of para-hydroxylation sites is 2. The molecular weight excluding hydrogens is 304 g/mol. The van der Waals surface area contributed by atoms with Gasteiger partial charge in [0.1, 0.15) is 5.75 Å². The standard InChI is InChI=1S/C19H28N2O3/c1-4-24-17-8-6-5-7-16(17)20-19(23)15-9-11-21(12-10-15)18(22)13-14(2)3/h5-8,14-15H,4,9-13H2,1-3H3,(H,20,23). The molecule has 2 amide bonds. The maximum atomic E-state index is 12.5. The van der Waals surface area contributed by atoms with Gasteiger partial charge < -0.3 is 15.0 Å². The van der Waals surface area contributed by atoms with E-state index >= 15 is 0 Å². The smallest absolute Gasteiger partial charge is 0.227 e. The van der Waals surface area contributed by atoms with E-state index in [1.54, 1.807) is 0 Å². The molecule has 0 atom stereocenters. The molecule has 0 bridgehead atoms. The van der Waals surface area contributed by atoms with Crippen LogP contribution in [-0.4, -0.2) is 36.4 Å². The van der Waals surface area contributed by atoms with Crippen LogP contribution in [0.3, 0.4) is 0 Å². The fraction of sp³-hybridized carbons (Fsp3) is 0.579. The lowest BCUT2D eigenvalue weighted by molar-refractivity contribution is -0.135. The molecule has 132 valence electrons. The molecule has 1 aromatic rings. The minimum atomic E-state index is -0.0530. The summed E-state index contributed by atoms with van der Waals surface area (Å²) in [4.78, 5) is 26.5. The topological polar surface area (TPSA) is 58.6 Å². The number of hydrogen-bond donors (Lipinski definition) is 1. The maximum absolute atomic E-state index is 12.5. The van der Waals surface area contributed by atoms with Crippen molar-refractivity contribution in [3.63, 3.8) is 0 Å². The second kappa shape index (κ2) is 8.71. The zero-order chi connectivity index (χ0) is 17.5. The molecule has 1 heterocycles. The number of carbonyl (C=O) groups is 2. The van der Waals surface area contributed by atoms with E-state index in [-0.39, 0.29) is 17.7 Å². The molecule has 5 nitrogen and oxygen atoms in total. The number of carbonyl (C=O) groups excluding carboxylic acids is 2. The Morgan fingerprint density at radius 2 is 1.92 bits per heavy atom. The number of anilines is 1. The van der Waals surface area contributed by atoms with Crippen LogP contribution in [-0.2, 0) is 9.59 Å². The van der Waals surface area contributed by atoms with Crippen molar-refractivity contribution in [1.82, 2.24) is 4.90 Å². The summed E-state index contributed by atoms with van der Waals surface area (Å²) in [7, 11) is 0. The quantitative estimate of drug-likeness (QED) is 0.869. The van der Waals surface area contributed by atoms with E-state index in [9.17, 15) is 9.59 Å². The zero-order valence-corrected chi connectivity index (χ0v) is 14.9. The van der Waals surface area contributed by atoms with Crippen molar-refractivity contribution < 1.29 is 14.3 Å². The predicted octanol–water partition coefficient (Wildman–Crippen LogP) is 3.31. The molecule has 1 aliphatic heterocycles. The summed E-state index contributed by atoms with van der Waals surface area (Å²) in [6, 6.07) is 7.47. The Morgan fingerprint density at radius 3 is 2.54 bits per heavy atom. The molecule has 0 saturated carbocycles. The van der Waals surface area contributed by atoms with Crippen molar-refractivity contribution >= 4 is 17.5 Å². The van der Waals surface area contributed by atoms with E-state index < -0.39 is 0 Å². The average Bonchev–Trinajstić information content (AvgIpc) is 2.56. The van der Waals surface area contributed by atoms with Gasteiger partial charge in [-0.3, -0.25) is 9.59 Å². The van der Waals surface area contributed by atoms with Gasteiger partial charge in [-0.05, 0) is 37.8 Å². The SMILES string of the molecule is CCOc1ccccc1NC(=O)C1CCN(C(=O)CC(C)C)CC1. The van der Waals surface area contributed by atoms with Crippen LogP contribution in [0.2, 0.25) is 0 Å². The number of nitrogens with one attached hydrogen (secondary N) is 1. The van der Waals surface area contributed by atoms with E-state index in [1.165, 1.54) is 0 Å². The summed E-state index contributed by atoms with van der Waals surface area (Å²) in [6.45, 7) is 7.90. The lowest BCUT2D eigenvalue weighted by atomic mass is 9.95. The third-order valence-corrected chi connectivity index (χ3v) is 4.25. The summed E-state index contributed by atoms with van der Waals surface area (Å²) in [5, 5.41) is 2.97. The maximum Gasteiger partial charge on any atom is 0.227 e. The van der Waals surface area contributed by atoms with Gasteiger partial charge in [-0.1, -0.05) is 26.0 Å². The molecule has 0 spiro atoms. The number of nitrogens with zero attached hydrogens (tertiary/aromatic N) is 1. The highest BCUT2D eigenvalue weighted by molar-refractivity contribution is 5.94. The molecule has 1 aromatic carbocycles. The first-order chi connectivity index (χ1) is 11.5. The Balaban J connectivity index is 1.88. The lowest BCUT2D eigenvalue weighted by Crippen LogP contribution is -2.41. The summed E-state index contributed by atoms with van der Waals surface area (Å²) in [5.41, 5.74) is 0.711. The fourth-order valence-corrected chi connectivity index (χ4v) is 2.96. The number of amides is 2. The molecule has 2 rings (SSSR count). The van der Waals surface area contributed by atoms with Crippen molar-refractivity contribution in [2.75, 3.05) is 25.0 Å². The summed E-state index contributed by atoms with van der Waals surface area (Å²) >= 11 is 0. The van der Waals surface area contributed by atoms with Crippen LogP contribution in [0.4, 0.5) is 5.69 Å². The number of benzene rings is 1. The Hall–Kier alpha value is -2.04. The third kappa shape index (κ3) is 4.98. The molecule has 0 aromatic heterocycles. The van der Waals surface area contributed by atoms with E-state index in [4.69, 9.17) is 4.74 Å². The summed E-state index contributed by atoms with van der Waals surface area (Å²) < 4.78 is 5.54. The Bertz CT molecular complexity index is 563. The number of rotatable bonds is 6. The molecule has 1 saturated heterocycles. The minimum absolute atomic E-state index is 0.0121. The summed E-state index contributed by atoms with van der Waals surface area (Å²) in [5.74, 6) is 1.22. The Kier molecular flexibility index (Phi) is 6.64. The second-order valence-corrected chi connectivity index (χ2v) is 6.67. The Labute approximate surface area is 144 Å². The van der Waals surface area contributed by atoms with E-state index in [0.29, 0.717) is 56.3 Å². The van der Waals surface area contributed by atoms with Gasteiger partial charge in [-0.15, -0.1) is 0 Å². The zero-order valence-electron chi connectivity index (χ0n) is 14.9. The van der Waals surface area contributed by atoms with E-state index in [1.807, 2.05) is 49.9 Å². The molecule has 0 radical (unpaired) electrons. The predicted molar refractivity (Wildman–Crippen MR) is 95.0 cm³/mol. The fourth-order valence-electron chi connectivity index (χ4n) is 2.96. The van der Waals surface area contributed by atoms with Crippen LogP contribution in [0, 0.1) is 11.8 Å². The van der Waals surface area contributed by atoms with Gasteiger partial charge in [0, 0.05) is 25.4 Å². The Morgan fingerprint density at radius 1 is 1.25 bits per heavy atom. The van der Waals surface area contributed by atoms with Crippen LogP contribution in [0.15, 0.2) is 24.3 Å². The molecule has 1 fully saturated rings. The van der Waals surface area contributed by atoms with Gasteiger partial charge in [0.25, 0.3) is 0 Å². The van der Waals surface area contributed by atoms with Crippen LogP contribution in [0.25, 0.3) is 0 Å². The monoisotopic (exact) mass is 332 g/mol. The van der Waals surface area contributed by atoms with Crippen molar-refractivity contribution in [2.45, 2.75) is 40.0 Å². The molecule has 0 aliphatic carbocycles. The molecule has 0 unspecified atom stereocenters. The highest BCUT2D eigenvalue weighted by Gasteiger charge is 2.27. The van der Waals surface area contributed by atoms with Crippen molar-refractivity contribution in [1.29, 1.82) is 0 Å². The first-order valence-corrected chi connectivity index (χ1v) is 8.81. The van der Waals surface area contributed by atoms with Gasteiger partial charge in [0.05, 0.1) is 12.3 Å². The number of piperidine rings is 1. The largest absolute Gasteiger partial charge is 0.492 e. The minimum Gasteiger partial charge on any atom is -0.492 e. The first kappa shape index (κ1) is 18.3. The van der Waals surface area contributed by atoms with Gasteiger partial charge in [-0.2, -0.15) is 0 Å². The molecule has 1 N–H and O–H groups in total. The highest BCUT2D eigenvalue weighted by atomic mass is 16.5. The van der Waals surface area contributed by atoms with Gasteiger partial charge in [0.15, 0.2) is 0 Å². The summed E-state index contributed by atoms with van der Waals surface area (Å²) in [6.07, 6.45) is 2.01. The molecule has 1 aliphatic rings. The normalized spacial score (nSPS) is 15.4. The van der Waals surface area contributed by atoms with Crippen LogP contribution < -0.4 is 10.1 Å². The first-order valence-electron chi connectivity index (χ1n) is 8.81. The second-order valence-electron chi connectivity index (χ2n) is 6.67. The van der Waals surface area contributed by atoms with Crippen LogP contribution >= 0.6 is 0 Å². The van der Waals surface area contributed by atoms with Gasteiger partial charge in [-0.25, -0.2) is 0 Å². The molecular formula is C19H28N2O3. The highest BCUT2D eigenvalue weighted by Crippen LogP contribution is 2.26. The van der Waals surface area contributed by atoms with E-state index in [0.717, 1.165) is 0 Å². The van der Waals surface area contributed by atoms with E-state index in [2.05, 4.69) is 5.32 Å². The lowest BCUT2D eigenvalue weighted by Gasteiger charge is -2.32. The van der Waals surface area contributed by atoms with Crippen molar-refractivity contribution in [2.24, 2.45) is 11.8 Å². The van der Waals surface area contributed by atoms with Crippen LogP contribution in [0.5, 0.6) is 5.75 Å².